The third kappa shape index (κ3) is 6.61. The predicted octanol–water partition coefficient (Wildman–Crippen LogP) is 1.40. The Morgan fingerprint density at radius 1 is 1.50 bits per heavy atom. The van der Waals surface area contributed by atoms with Gasteiger partial charge in [0.2, 0.25) is 5.91 Å². The summed E-state index contributed by atoms with van der Waals surface area (Å²) in [4.78, 5) is 11.8. The molecule has 1 fully saturated rings. The van der Waals surface area contributed by atoms with Gasteiger partial charge in [0.1, 0.15) is 0 Å². The fraction of sp³-hybridized carbons (Fsp3) is 0.923. The summed E-state index contributed by atoms with van der Waals surface area (Å²) in [5.74, 6) is 0.725. The van der Waals surface area contributed by atoms with Crippen LogP contribution in [0.3, 0.4) is 0 Å². The van der Waals surface area contributed by atoms with E-state index in [1.807, 2.05) is 0 Å². The first kappa shape index (κ1) is 15.8. The van der Waals surface area contributed by atoms with Crippen LogP contribution in [0.2, 0.25) is 0 Å². The van der Waals surface area contributed by atoms with E-state index in [2.05, 4.69) is 17.6 Å². The van der Waals surface area contributed by atoms with E-state index in [-0.39, 0.29) is 11.9 Å². The second-order valence-corrected chi connectivity index (χ2v) is 6.06. The van der Waals surface area contributed by atoms with Gasteiger partial charge < -0.3 is 15.4 Å². The van der Waals surface area contributed by atoms with Crippen molar-refractivity contribution in [3.8, 4) is 0 Å². The summed E-state index contributed by atoms with van der Waals surface area (Å²) in [7, 11) is 1.68. The lowest BCUT2D eigenvalue weighted by molar-refractivity contribution is -0.119. The fourth-order valence-corrected chi connectivity index (χ4v) is 3.21. The highest BCUT2D eigenvalue weighted by molar-refractivity contribution is 8.00. The number of rotatable bonds is 8. The highest BCUT2D eigenvalue weighted by atomic mass is 32.2. The van der Waals surface area contributed by atoms with Gasteiger partial charge in [0.25, 0.3) is 0 Å². The van der Waals surface area contributed by atoms with Gasteiger partial charge in [-0.2, -0.15) is 0 Å². The van der Waals surface area contributed by atoms with Gasteiger partial charge in [-0.25, -0.2) is 0 Å². The number of piperidine rings is 1. The molecule has 18 heavy (non-hydrogen) atoms. The molecule has 1 aliphatic heterocycles. The van der Waals surface area contributed by atoms with Crippen LogP contribution in [0.25, 0.3) is 0 Å². The van der Waals surface area contributed by atoms with E-state index in [4.69, 9.17) is 4.74 Å². The van der Waals surface area contributed by atoms with Gasteiger partial charge in [0, 0.05) is 12.4 Å². The van der Waals surface area contributed by atoms with Gasteiger partial charge in [-0.3, -0.25) is 4.79 Å². The molecule has 0 saturated carbocycles. The minimum absolute atomic E-state index is 0.147. The van der Waals surface area contributed by atoms with Crippen LogP contribution < -0.4 is 10.6 Å². The molecule has 1 amide bonds. The topological polar surface area (TPSA) is 50.4 Å². The molecule has 1 unspecified atom stereocenters. The number of carbonyl (C=O) groups excluding carboxylic acids is 1. The summed E-state index contributed by atoms with van der Waals surface area (Å²) in [5, 5.41) is 7.04. The van der Waals surface area contributed by atoms with Crippen molar-refractivity contribution in [2.75, 3.05) is 32.6 Å². The Labute approximate surface area is 115 Å². The molecule has 1 heterocycles. The molecule has 0 aliphatic carbocycles. The molecule has 0 aromatic carbocycles. The molecule has 1 atom stereocenters. The van der Waals surface area contributed by atoms with Gasteiger partial charge in [0.15, 0.2) is 0 Å². The molecule has 0 bridgehead atoms. The van der Waals surface area contributed by atoms with Crippen LogP contribution in [-0.2, 0) is 9.53 Å². The number of hydrogen-bond donors (Lipinski definition) is 2. The summed E-state index contributed by atoms with van der Waals surface area (Å²) < 4.78 is 5.12. The lowest BCUT2D eigenvalue weighted by Crippen LogP contribution is -2.39. The first-order valence-corrected chi connectivity index (χ1v) is 7.91. The van der Waals surface area contributed by atoms with Crippen LogP contribution in [0.15, 0.2) is 0 Å². The molecule has 1 rings (SSSR count). The van der Waals surface area contributed by atoms with Crippen LogP contribution in [-0.4, -0.2) is 49.8 Å². The van der Waals surface area contributed by atoms with Gasteiger partial charge in [-0.15, -0.1) is 11.8 Å². The molecular weight excluding hydrogens is 248 g/mol. The first-order valence-electron chi connectivity index (χ1n) is 6.86. The molecule has 4 nitrogen and oxygen atoms in total. The van der Waals surface area contributed by atoms with Gasteiger partial charge >= 0.3 is 0 Å². The second-order valence-electron chi connectivity index (χ2n) is 4.77. The Hall–Kier alpha value is -0.260. The number of thioether (sulfide) groups is 1. The zero-order valence-electron chi connectivity index (χ0n) is 11.5. The maximum absolute atomic E-state index is 11.8. The first-order chi connectivity index (χ1) is 8.76. The lowest BCUT2D eigenvalue weighted by atomic mass is 10.2. The molecule has 1 aliphatic rings. The number of carbonyl (C=O) groups is 1. The molecule has 0 aromatic rings. The number of methoxy groups -OCH3 is 1. The number of hydrogen-bond acceptors (Lipinski definition) is 4. The Morgan fingerprint density at radius 2 is 2.22 bits per heavy atom. The zero-order valence-corrected chi connectivity index (χ0v) is 12.4. The lowest BCUT2D eigenvalue weighted by Gasteiger charge is -2.22. The molecule has 1 saturated heterocycles. The Morgan fingerprint density at radius 3 is 2.83 bits per heavy atom. The second kappa shape index (κ2) is 9.64. The van der Waals surface area contributed by atoms with Crippen molar-refractivity contribution in [1.82, 2.24) is 10.6 Å². The Balaban J connectivity index is 2.17. The molecule has 0 radical (unpaired) electrons. The van der Waals surface area contributed by atoms with Crippen molar-refractivity contribution in [2.45, 2.75) is 43.9 Å². The van der Waals surface area contributed by atoms with Crippen LogP contribution in [0, 0.1) is 0 Å². The van der Waals surface area contributed by atoms with Crippen LogP contribution in [0.5, 0.6) is 0 Å². The van der Waals surface area contributed by atoms with E-state index in [9.17, 15) is 4.79 Å². The monoisotopic (exact) mass is 274 g/mol. The number of ether oxygens (including phenoxy) is 1. The van der Waals surface area contributed by atoms with Crippen molar-refractivity contribution >= 4 is 17.7 Å². The number of nitrogens with one attached hydrogen (secondary N) is 2. The third-order valence-electron chi connectivity index (χ3n) is 3.11. The SMILES string of the molecule is CCCC(COC)NC(=O)CSC1CCNCC1. The summed E-state index contributed by atoms with van der Waals surface area (Å²) in [5.41, 5.74) is 0. The normalized spacial score (nSPS) is 18.6. The summed E-state index contributed by atoms with van der Waals surface area (Å²) in [6.07, 6.45) is 4.40. The summed E-state index contributed by atoms with van der Waals surface area (Å²) >= 11 is 1.79. The van der Waals surface area contributed by atoms with Crippen molar-refractivity contribution in [1.29, 1.82) is 0 Å². The van der Waals surface area contributed by atoms with Gasteiger partial charge in [0.05, 0.1) is 18.4 Å². The van der Waals surface area contributed by atoms with E-state index >= 15 is 0 Å². The van der Waals surface area contributed by atoms with E-state index in [0.29, 0.717) is 17.6 Å². The van der Waals surface area contributed by atoms with Crippen LogP contribution in [0.1, 0.15) is 32.6 Å². The zero-order chi connectivity index (χ0) is 13.2. The maximum Gasteiger partial charge on any atom is 0.230 e. The molecule has 0 aromatic heterocycles. The quantitative estimate of drug-likeness (QED) is 0.702. The van der Waals surface area contributed by atoms with Crippen molar-refractivity contribution < 1.29 is 9.53 Å². The summed E-state index contributed by atoms with van der Waals surface area (Å²) in [6.45, 7) is 4.90. The minimum atomic E-state index is 0.147. The molecule has 106 valence electrons. The van der Waals surface area contributed by atoms with Crippen molar-refractivity contribution in [3.63, 3.8) is 0 Å². The third-order valence-corrected chi connectivity index (χ3v) is 4.48. The highest BCUT2D eigenvalue weighted by Crippen LogP contribution is 2.19. The molecule has 0 spiro atoms. The van der Waals surface area contributed by atoms with E-state index < -0.39 is 0 Å². The highest BCUT2D eigenvalue weighted by Gasteiger charge is 2.16. The summed E-state index contributed by atoms with van der Waals surface area (Å²) in [6, 6.07) is 0.168. The standard InChI is InChI=1S/C13H26N2O2S/c1-3-4-11(9-17-2)15-13(16)10-18-12-5-7-14-8-6-12/h11-12,14H,3-10H2,1-2H3,(H,15,16). The predicted molar refractivity (Wildman–Crippen MR) is 77.1 cm³/mol. The van der Waals surface area contributed by atoms with E-state index in [1.165, 1.54) is 12.8 Å². The number of amides is 1. The molecule has 5 heteroatoms. The minimum Gasteiger partial charge on any atom is -0.383 e. The average molecular weight is 274 g/mol. The van der Waals surface area contributed by atoms with E-state index in [1.54, 1.807) is 18.9 Å². The van der Waals surface area contributed by atoms with Gasteiger partial charge in [-0.1, -0.05) is 13.3 Å². The van der Waals surface area contributed by atoms with E-state index in [0.717, 1.165) is 25.9 Å². The molecular formula is C13H26N2O2S. The average Bonchev–Trinajstić information content (AvgIpc) is 2.38. The Kier molecular flexibility index (Phi) is 8.46. The van der Waals surface area contributed by atoms with Gasteiger partial charge in [-0.05, 0) is 32.4 Å². The Bertz CT molecular complexity index is 227. The largest absolute Gasteiger partial charge is 0.383 e. The maximum atomic E-state index is 11.8. The smallest absolute Gasteiger partial charge is 0.230 e. The van der Waals surface area contributed by atoms with Crippen molar-refractivity contribution in [3.05, 3.63) is 0 Å². The molecule has 2 N–H and O–H groups in total. The van der Waals surface area contributed by atoms with Crippen LogP contribution in [0.4, 0.5) is 0 Å². The fourth-order valence-electron chi connectivity index (χ4n) is 2.17. The van der Waals surface area contributed by atoms with Crippen LogP contribution >= 0.6 is 11.8 Å². The van der Waals surface area contributed by atoms with Crippen molar-refractivity contribution in [2.24, 2.45) is 0 Å².